The summed E-state index contributed by atoms with van der Waals surface area (Å²) >= 11 is 0. The van der Waals surface area contributed by atoms with Crippen LogP contribution in [0.1, 0.15) is 51.1 Å². The van der Waals surface area contributed by atoms with E-state index in [2.05, 4.69) is 12.3 Å². The third kappa shape index (κ3) is 3.59. The van der Waals surface area contributed by atoms with E-state index in [1.54, 1.807) is 0 Å². The van der Waals surface area contributed by atoms with E-state index in [4.69, 9.17) is 10.6 Å². The zero-order valence-electron chi connectivity index (χ0n) is 12.7. The molecule has 3 N–H and O–H groups in total. The van der Waals surface area contributed by atoms with Crippen LogP contribution in [0.2, 0.25) is 0 Å². The number of ether oxygens (including phenoxy) is 1. The average Bonchev–Trinajstić information content (AvgIpc) is 2.42. The van der Waals surface area contributed by atoms with Gasteiger partial charge in [-0.15, -0.1) is 0 Å². The van der Waals surface area contributed by atoms with Crippen LogP contribution >= 0.6 is 0 Å². The highest BCUT2D eigenvalue weighted by Crippen LogP contribution is 2.43. The second kappa shape index (κ2) is 6.81. The Morgan fingerprint density at radius 3 is 2.33 bits per heavy atom. The van der Waals surface area contributed by atoms with Crippen molar-refractivity contribution in [2.75, 3.05) is 6.61 Å². The lowest BCUT2D eigenvalue weighted by Gasteiger charge is -2.44. The molecule has 0 aromatic heterocycles. The van der Waals surface area contributed by atoms with E-state index < -0.39 is 23.3 Å². The highest BCUT2D eigenvalue weighted by Gasteiger charge is 2.42. The summed E-state index contributed by atoms with van der Waals surface area (Å²) in [5.74, 6) is 5.16. The van der Waals surface area contributed by atoms with Crippen molar-refractivity contribution in [1.82, 2.24) is 5.43 Å². The summed E-state index contributed by atoms with van der Waals surface area (Å²) in [4.78, 5) is 0. The number of benzene rings is 1. The van der Waals surface area contributed by atoms with Crippen molar-refractivity contribution in [3.63, 3.8) is 0 Å². The molecule has 0 radical (unpaired) electrons. The summed E-state index contributed by atoms with van der Waals surface area (Å²) in [6.07, 6.45) is 3.70. The predicted octanol–water partition coefficient (Wildman–Crippen LogP) is 3.45. The van der Waals surface area contributed by atoms with Gasteiger partial charge in [-0.3, -0.25) is 11.3 Å². The fraction of sp³-hybridized carbons (Fsp3) is 0.625. The van der Waals surface area contributed by atoms with Crippen LogP contribution in [0.3, 0.4) is 0 Å². The maximum absolute atomic E-state index is 13.5. The van der Waals surface area contributed by atoms with Crippen molar-refractivity contribution in [2.45, 2.75) is 51.2 Å². The standard InChI is InChI=1S/C16H24F2N2O/c1-3-21-16(6-4-11(2)5-7-16)15(20-19)12-8-13(17)10-14(18)9-12/h8-11,15,20H,3-7,19H2,1-2H3. The van der Waals surface area contributed by atoms with Gasteiger partial charge in [-0.05, 0) is 56.2 Å². The fourth-order valence-corrected chi connectivity index (χ4v) is 3.35. The van der Waals surface area contributed by atoms with Crippen LogP contribution in [-0.4, -0.2) is 12.2 Å². The minimum atomic E-state index is -0.596. The fourth-order valence-electron chi connectivity index (χ4n) is 3.35. The molecule has 5 heteroatoms. The molecule has 0 spiro atoms. The molecule has 1 atom stereocenters. The van der Waals surface area contributed by atoms with Crippen molar-refractivity contribution in [3.05, 3.63) is 35.4 Å². The van der Waals surface area contributed by atoms with Gasteiger partial charge < -0.3 is 4.74 Å². The van der Waals surface area contributed by atoms with Crippen LogP contribution in [-0.2, 0) is 4.74 Å². The summed E-state index contributed by atoms with van der Waals surface area (Å²) in [5, 5.41) is 0. The lowest BCUT2D eigenvalue weighted by molar-refractivity contribution is -0.0977. The summed E-state index contributed by atoms with van der Waals surface area (Å²) in [6.45, 7) is 4.69. The van der Waals surface area contributed by atoms with Crippen molar-refractivity contribution in [3.8, 4) is 0 Å². The molecule has 1 aromatic carbocycles. The lowest BCUT2D eigenvalue weighted by atomic mass is 9.73. The third-order valence-corrected chi connectivity index (χ3v) is 4.46. The molecule has 3 nitrogen and oxygen atoms in total. The summed E-state index contributed by atoms with van der Waals surface area (Å²) in [6, 6.07) is 3.10. The first-order valence-corrected chi connectivity index (χ1v) is 7.57. The van der Waals surface area contributed by atoms with E-state index in [1.807, 2.05) is 6.92 Å². The van der Waals surface area contributed by atoms with Crippen LogP contribution in [0.15, 0.2) is 18.2 Å². The molecule has 1 saturated carbocycles. The highest BCUT2D eigenvalue weighted by atomic mass is 19.1. The van der Waals surface area contributed by atoms with Gasteiger partial charge in [0.2, 0.25) is 0 Å². The molecular formula is C16H24F2N2O. The number of hydrogen-bond acceptors (Lipinski definition) is 3. The van der Waals surface area contributed by atoms with E-state index in [9.17, 15) is 8.78 Å². The molecule has 1 aliphatic carbocycles. The van der Waals surface area contributed by atoms with Crippen molar-refractivity contribution >= 4 is 0 Å². The molecule has 118 valence electrons. The number of rotatable bonds is 5. The number of halogens is 2. The Morgan fingerprint density at radius 1 is 1.29 bits per heavy atom. The molecule has 0 saturated heterocycles. The first kappa shape index (κ1) is 16.3. The van der Waals surface area contributed by atoms with E-state index in [1.165, 1.54) is 12.1 Å². The SMILES string of the molecule is CCOC1(C(NN)c2cc(F)cc(F)c2)CCC(C)CC1. The number of nitrogens with two attached hydrogens (primary N) is 1. The Labute approximate surface area is 124 Å². The van der Waals surface area contributed by atoms with Gasteiger partial charge in [-0.2, -0.15) is 0 Å². The predicted molar refractivity (Wildman–Crippen MR) is 78.4 cm³/mol. The van der Waals surface area contributed by atoms with Crippen molar-refractivity contribution < 1.29 is 13.5 Å². The number of hydrogen-bond donors (Lipinski definition) is 2. The first-order chi connectivity index (χ1) is 10.0. The van der Waals surface area contributed by atoms with E-state index in [0.717, 1.165) is 31.7 Å². The van der Waals surface area contributed by atoms with Gasteiger partial charge in [0.25, 0.3) is 0 Å². The van der Waals surface area contributed by atoms with Crippen LogP contribution < -0.4 is 11.3 Å². The lowest BCUT2D eigenvalue weighted by Crippen LogP contribution is -2.50. The van der Waals surface area contributed by atoms with Gasteiger partial charge >= 0.3 is 0 Å². The van der Waals surface area contributed by atoms with Gasteiger partial charge in [0.15, 0.2) is 0 Å². The van der Waals surface area contributed by atoms with Gasteiger partial charge in [-0.25, -0.2) is 8.78 Å². The Balaban J connectivity index is 2.35. The third-order valence-electron chi connectivity index (χ3n) is 4.46. The first-order valence-electron chi connectivity index (χ1n) is 7.57. The molecule has 1 unspecified atom stereocenters. The van der Waals surface area contributed by atoms with Crippen molar-refractivity contribution in [1.29, 1.82) is 0 Å². The molecule has 2 rings (SSSR count). The highest BCUT2D eigenvalue weighted by molar-refractivity contribution is 5.25. The van der Waals surface area contributed by atoms with Crippen LogP contribution in [0, 0.1) is 17.6 Å². The smallest absolute Gasteiger partial charge is 0.126 e. The Bertz CT molecular complexity index is 453. The normalized spacial score (nSPS) is 27.6. The number of nitrogens with one attached hydrogen (secondary N) is 1. The molecule has 0 heterocycles. The second-order valence-electron chi connectivity index (χ2n) is 5.98. The van der Waals surface area contributed by atoms with Crippen molar-refractivity contribution in [2.24, 2.45) is 11.8 Å². The van der Waals surface area contributed by atoms with E-state index >= 15 is 0 Å². The van der Waals surface area contributed by atoms with E-state index in [-0.39, 0.29) is 0 Å². The Morgan fingerprint density at radius 2 is 1.86 bits per heavy atom. The zero-order chi connectivity index (χ0) is 15.5. The monoisotopic (exact) mass is 298 g/mol. The summed E-state index contributed by atoms with van der Waals surface area (Å²) in [7, 11) is 0. The second-order valence-corrected chi connectivity index (χ2v) is 5.98. The minimum Gasteiger partial charge on any atom is -0.373 e. The molecule has 0 amide bonds. The maximum atomic E-state index is 13.5. The zero-order valence-corrected chi connectivity index (χ0v) is 12.7. The molecule has 1 aromatic rings. The molecule has 21 heavy (non-hydrogen) atoms. The van der Waals surface area contributed by atoms with Gasteiger partial charge in [0.1, 0.15) is 11.6 Å². The number of hydrazine groups is 1. The van der Waals surface area contributed by atoms with Crippen LogP contribution in [0.4, 0.5) is 8.78 Å². The van der Waals surface area contributed by atoms with E-state index in [0.29, 0.717) is 18.1 Å². The Hall–Kier alpha value is -1.04. The average molecular weight is 298 g/mol. The summed E-state index contributed by atoms with van der Waals surface area (Å²) in [5.41, 5.74) is 2.72. The topological polar surface area (TPSA) is 47.3 Å². The quantitative estimate of drug-likeness (QED) is 0.646. The largest absolute Gasteiger partial charge is 0.373 e. The molecule has 1 fully saturated rings. The maximum Gasteiger partial charge on any atom is 0.126 e. The Kier molecular flexibility index (Phi) is 5.30. The van der Waals surface area contributed by atoms with Gasteiger partial charge in [0, 0.05) is 12.7 Å². The molecular weight excluding hydrogens is 274 g/mol. The van der Waals surface area contributed by atoms with Gasteiger partial charge in [-0.1, -0.05) is 6.92 Å². The molecule has 0 aliphatic heterocycles. The van der Waals surface area contributed by atoms with Gasteiger partial charge in [0.05, 0.1) is 11.6 Å². The van der Waals surface area contributed by atoms with Crippen LogP contribution in [0.25, 0.3) is 0 Å². The minimum absolute atomic E-state index is 0.421. The molecule has 0 bridgehead atoms. The van der Waals surface area contributed by atoms with Crippen LogP contribution in [0.5, 0.6) is 0 Å². The molecule has 1 aliphatic rings. The summed E-state index contributed by atoms with van der Waals surface area (Å²) < 4.78 is 33.0.